The van der Waals surface area contributed by atoms with Gasteiger partial charge in [-0.1, -0.05) is 42.5 Å². The molecule has 6 heteroatoms. The summed E-state index contributed by atoms with van der Waals surface area (Å²) in [4.78, 5) is 28.2. The van der Waals surface area contributed by atoms with Gasteiger partial charge < -0.3 is 5.11 Å². The third-order valence-electron chi connectivity index (χ3n) is 3.97. The number of carboxylic acid groups (broad SMARTS) is 1. The van der Waals surface area contributed by atoms with Crippen molar-refractivity contribution in [2.24, 2.45) is 0 Å². The van der Waals surface area contributed by atoms with Crippen LogP contribution in [0.25, 0.3) is 10.6 Å². The van der Waals surface area contributed by atoms with Gasteiger partial charge >= 0.3 is 5.97 Å². The standard InChI is InChI=1S/C20H16FNO3S/c21-18-9-5-4-8-16(18)19-22-14(12-26-19)10-15(23)11-17(20(24)25)13-6-2-1-3-7-13/h1-9,12,17H,10-11H2,(H,24,25). The molecule has 1 aromatic heterocycles. The van der Waals surface area contributed by atoms with Crippen LogP contribution in [-0.2, 0) is 16.0 Å². The van der Waals surface area contributed by atoms with Crippen molar-refractivity contribution in [3.05, 3.63) is 77.1 Å². The molecule has 1 heterocycles. The number of carboxylic acids is 1. The Morgan fingerprint density at radius 3 is 2.46 bits per heavy atom. The van der Waals surface area contributed by atoms with E-state index in [2.05, 4.69) is 4.98 Å². The van der Waals surface area contributed by atoms with Crippen LogP contribution in [-0.4, -0.2) is 21.8 Å². The minimum atomic E-state index is -1.03. The Hall–Kier alpha value is -2.86. The zero-order chi connectivity index (χ0) is 18.5. The molecule has 0 spiro atoms. The minimum Gasteiger partial charge on any atom is -0.481 e. The first-order chi connectivity index (χ1) is 12.5. The monoisotopic (exact) mass is 369 g/mol. The summed E-state index contributed by atoms with van der Waals surface area (Å²) in [7, 11) is 0. The second-order valence-corrected chi connectivity index (χ2v) is 6.70. The number of halogens is 1. The van der Waals surface area contributed by atoms with E-state index in [0.717, 1.165) is 0 Å². The van der Waals surface area contributed by atoms with Crippen LogP contribution in [0.3, 0.4) is 0 Å². The highest BCUT2D eigenvalue weighted by atomic mass is 32.1. The Labute approximate surface area is 154 Å². The van der Waals surface area contributed by atoms with Crippen molar-refractivity contribution >= 4 is 23.1 Å². The topological polar surface area (TPSA) is 67.3 Å². The van der Waals surface area contributed by atoms with Gasteiger partial charge in [0, 0.05) is 23.8 Å². The molecule has 1 unspecified atom stereocenters. The lowest BCUT2D eigenvalue weighted by atomic mass is 9.93. The number of aliphatic carboxylic acids is 1. The zero-order valence-electron chi connectivity index (χ0n) is 13.8. The molecule has 0 saturated carbocycles. The summed E-state index contributed by atoms with van der Waals surface area (Å²) >= 11 is 1.26. The predicted octanol–water partition coefficient (Wildman–Crippen LogP) is 4.32. The molecule has 2 aromatic carbocycles. The molecule has 1 N–H and O–H groups in total. The van der Waals surface area contributed by atoms with E-state index in [-0.39, 0.29) is 24.4 Å². The maximum atomic E-state index is 13.8. The molecule has 0 aliphatic heterocycles. The third kappa shape index (κ3) is 4.21. The first-order valence-corrected chi connectivity index (χ1v) is 8.91. The summed E-state index contributed by atoms with van der Waals surface area (Å²) in [5.74, 6) is -2.50. The zero-order valence-corrected chi connectivity index (χ0v) is 14.6. The van der Waals surface area contributed by atoms with Crippen molar-refractivity contribution < 1.29 is 19.1 Å². The van der Waals surface area contributed by atoms with Crippen LogP contribution < -0.4 is 0 Å². The van der Waals surface area contributed by atoms with Gasteiger partial charge in [-0.25, -0.2) is 9.37 Å². The van der Waals surface area contributed by atoms with Crippen LogP contribution in [0.4, 0.5) is 4.39 Å². The van der Waals surface area contributed by atoms with Crippen LogP contribution in [0, 0.1) is 5.82 Å². The number of hydrogen-bond acceptors (Lipinski definition) is 4. The molecule has 0 radical (unpaired) electrons. The number of hydrogen-bond donors (Lipinski definition) is 1. The number of Topliss-reactive ketones (excluding diaryl/α,β-unsaturated/α-hetero) is 1. The van der Waals surface area contributed by atoms with Crippen molar-refractivity contribution in [1.82, 2.24) is 4.98 Å². The maximum Gasteiger partial charge on any atom is 0.311 e. The van der Waals surface area contributed by atoms with Crippen LogP contribution in [0.15, 0.2) is 60.0 Å². The maximum absolute atomic E-state index is 13.8. The number of rotatable bonds is 7. The lowest BCUT2D eigenvalue weighted by Crippen LogP contribution is -2.17. The summed E-state index contributed by atoms with van der Waals surface area (Å²) in [5, 5.41) is 11.6. The van der Waals surface area contributed by atoms with E-state index in [1.165, 1.54) is 17.4 Å². The molecule has 3 aromatic rings. The molecular weight excluding hydrogens is 353 g/mol. The molecule has 3 rings (SSSR count). The fourth-order valence-electron chi connectivity index (χ4n) is 2.68. The number of thiazole rings is 1. The highest BCUT2D eigenvalue weighted by molar-refractivity contribution is 7.13. The van der Waals surface area contributed by atoms with Crippen molar-refractivity contribution in [2.45, 2.75) is 18.8 Å². The van der Waals surface area contributed by atoms with Crippen molar-refractivity contribution in [3.8, 4) is 10.6 Å². The van der Waals surface area contributed by atoms with E-state index in [4.69, 9.17) is 0 Å². The predicted molar refractivity (Wildman–Crippen MR) is 97.7 cm³/mol. The summed E-state index contributed by atoms with van der Waals surface area (Å²) in [6.07, 6.45) is -0.0759. The summed E-state index contributed by atoms with van der Waals surface area (Å²) in [6, 6.07) is 15.0. The van der Waals surface area contributed by atoms with Crippen molar-refractivity contribution in [1.29, 1.82) is 0 Å². The molecule has 0 aliphatic carbocycles. The van der Waals surface area contributed by atoms with E-state index in [1.54, 1.807) is 53.9 Å². The number of nitrogens with zero attached hydrogens (tertiary/aromatic N) is 1. The van der Waals surface area contributed by atoms with Crippen molar-refractivity contribution in [2.75, 3.05) is 0 Å². The smallest absolute Gasteiger partial charge is 0.311 e. The minimum absolute atomic E-state index is 0.0293. The number of carbonyl (C=O) groups excluding carboxylic acids is 1. The van der Waals surface area contributed by atoms with E-state index in [1.807, 2.05) is 0 Å². The largest absolute Gasteiger partial charge is 0.481 e. The van der Waals surface area contributed by atoms with E-state index >= 15 is 0 Å². The van der Waals surface area contributed by atoms with Gasteiger partial charge in [0.15, 0.2) is 0 Å². The van der Waals surface area contributed by atoms with E-state index in [0.29, 0.717) is 21.8 Å². The molecular formula is C20H16FNO3S. The van der Waals surface area contributed by atoms with Gasteiger partial charge in [0.05, 0.1) is 11.6 Å². The number of carbonyl (C=O) groups is 2. The van der Waals surface area contributed by atoms with Crippen LogP contribution in [0.2, 0.25) is 0 Å². The highest BCUT2D eigenvalue weighted by Gasteiger charge is 2.23. The Kier molecular flexibility index (Phi) is 5.53. The average molecular weight is 369 g/mol. The van der Waals surface area contributed by atoms with Gasteiger partial charge in [-0.05, 0) is 17.7 Å². The van der Waals surface area contributed by atoms with Crippen LogP contribution in [0.5, 0.6) is 0 Å². The molecule has 132 valence electrons. The lowest BCUT2D eigenvalue weighted by molar-refractivity contribution is -0.140. The summed E-state index contributed by atoms with van der Waals surface area (Å²) in [5.41, 5.74) is 1.51. The molecule has 0 amide bonds. The average Bonchev–Trinajstić information content (AvgIpc) is 3.08. The fourth-order valence-corrected chi connectivity index (χ4v) is 3.53. The lowest BCUT2D eigenvalue weighted by Gasteiger charge is -2.11. The molecule has 4 nitrogen and oxygen atoms in total. The van der Waals surface area contributed by atoms with Gasteiger partial charge in [-0.15, -0.1) is 11.3 Å². The summed E-state index contributed by atoms with van der Waals surface area (Å²) < 4.78 is 13.8. The number of aromatic nitrogens is 1. The normalized spacial score (nSPS) is 11.9. The van der Waals surface area contributed by atoms with Gasteiger partial charge in [-0.3, -0.25) is 9.59 Å². The summed E-state index contributed by atoms with van der Waals surface area (Å²) in [6.45, 7) is 0. The molecule has 1 atom stereocenters. The quantitative estimate of drug-likeness (QED) is 0.673. The van der Waals surface area contributed by atoms with Gasteiger partial charge in [-0.2, -0.15) is 0 Å². The molecule has 0 aliphatic rings. The van der Waals surface area contributed by atoms with Crippen LogP contribution >= 0.6 is 11.3 Å². The first kappa shape index (κ1) is 17.9. The van der Waals surface area contributed by atoms with Gasteiger partial charge in [0.2, 0.25) is 0 Å². The van der Waals surface area contributed by atoms with Gasteiger partial charge in [0.1, 0.15) is 16.6 Å². The van der Waals surface area contributed by atoms with Gasteiger partial charge in [0.25, 0.3) is 0 Å². The van der Waals surface area contributed by atoms with E-state index < -0.39 is 11.9 Å². The number of ketones is 1. The van der Waals surface area contributed by atoms with Crippen molar-refractivity contribution in [3.63, 3.8) is 0 Å². The molecule has 0 fully saturated rings. The second-order valence-electron chi connectivity index (χ2n) is 5.84. The SMILES string of the molecule is O=C(Cc1csc(-c2ccccc2F)n1)CC(C(=O)O)c1ccccc1. The first-order valence-electron chi connectivity index (χ1n) is 8.03. The highest BCUT2D eigenvalue weighted by Crippen LogP contribution is 2.27. The molecule has 0 bridgehead atoms. The molecule has 0 saturated heterocycles. The second kappa shape index (κ2) is 8.01. The number of benzene rings is 2. The van der Waals surface area contributed by atoms with E-state index in [9.17, 15) is 19.1 Å². The fraction of sp³-hybridized carbons (Fsp3) is 0.150. The van der Waals surface area contributed by atoms with Crippen LogP contribution in [0.1, 0.15) is 23.6 Å². The Bertz CT molecular complexity index is 924. The third-order valence-corrected chi connectivity index (χ3v) is 4.89. The molecule has 26 heavy (non-hydrogen) atoms. The Morgan fingerprint density at radius 1 is 1.08 bits per heavy atom. The Morgan fingerprint density at radius 2 is 1.77 bits per heavy atom. The Balaban J connectivity index is 1.70.